The topological polar surface area (TPSA) is 86.8 Å². The normalized spacial score (nSPS) is 14.9. The molecule has 0 saturated heterocycles. The summed E-state index contributed by atoms with van der Waals surface area (Å²) in [6.07, 6.45) is 5.50. The minimum Gasteiger partial charge on any atom is -0.352 e. The van der Waals surface area contributed by atoms with E-state index in [-0.39, 0.29) is 43.8 Å². The van der Waals surface area contributed by atoms with Crippen molar-refractivity contribution in [3.05, 3.63) is 66.0 Å². The van der Waals surface area contributed by atoms with Crippen LogP contribution >= 0.6 is 0 Å². The number of amides is 2. The van der Waals surface area contributed by atoms with E-state index in [1.165, 1.54) is 24.3 Å². The molecule has 0 unspecified atom stereocenters. The number of nitrogens with zero attached hydrogens (tertiary/aromatic N) is 2. The van der Waals surface area contributed by atoms with Crippen molar-refractivity contribution in [2.45, 2.75) is 64.1 Å². The van der Waals surface area contributed by atoms with Crippen molar-refractivity contribution in [1.29, 1.82) is 0 Å². The Bertz CT molecular complexity index is 1090. The molecule has 190 valence electrons. The van der Waals surface area contributed by atoms with Crippen LogP contribution in [0.4, 0.5) is 10.1 Å². The van der Waals surface area contributed by atoms with Gasteiger partial charge in [-0.05, 0) is 56.0 Å². The molecule has 0 radical (unpaired) electrons. The number of carbonyl (C=O) groups is 2. The molecule has 1 aliphatic carbocycles. The van der Waals surface area contributed by atoms with Gasteiger partial charge in [-0.2, -0.15) is 0 Å². The predicted molar refractivity (Wildman–Crippen MR) is 135 cm³/mol. The van der Waals surface area contributed by atoms with Gasteiger partial charge >= 0.3 is 0 Å². The fourth-order valence-corrected chi connectivity index (χ4v) is 5.33. The largest absolute Gasteiger partial charge is 0.352 e. The van der Waals surface area contributed by atoms with Crippen molar-refractivity contribution in [1.82, 2.24) is 10.2 Å². The first kappa shape index (κ1) is 26.7. The van der Waals surface area contributed by atoms with Crippen molar-refractivity contribution in [3.63, 3.8) is 0 Å². The van der Waals surface area contributed by atoms with Crippen molar-refractivity contribution in [3.8, 4) is 0 Å². The lowest BCUT2D eigenvalue weighted by molar-refractivity contribution is -0.141. The van der Waals surface area contributed by atoms with E-state index in [9.17, 15) is 22.4 Å². The molecule has 0 aliphatic heterocycles. The zero-order chi connectivity index (χ0) is 25.4. The van der Waals surface area contributed by atoms with E-state index in [0.29, 0.717) is 5.69 Å². The van der Waals surface area contributed by atoms with Crippen LogP contribution in [0.3, 0.4) is 0 Å². The van der Waals surface area contributed by atoms with Crippen LogP contribution in [-0.2, 0) is 26.2 Å². The molecule has 1 N–H and O–H groups in total. The lowest BCUT2D eigenvalue weighted by Crippen LogP contribution is -2.49. The summed E-state index contributed by atoms with van der Waals surface area (Å²) in [6.45, 7) is 2.08. The molecule has 7 nitrogen and oxygen atoms in total. The van der Waals surface area contributed by atoms with Gasteiger partial charge in [0, 0.05) is 25.6 Å². The lowest BCUT2D eigenvalue weighted by Gasteiger charge is -2.30. The molecular formula is C26H34FN3O4S. The van der Waals surface area contributed by atoms with E-state index >= 15 is 0 Å². The number of carbonyl (C=O) groups excluding carboxylic acids is 2. The smallest absolute Gasteiger partial charge is 0.242 e. The number of sulfonamides is 1. The van der Waals surface area contributed by atoms with Crippen molar-refractivity contribution < 1.29 is 22.4 Å². The number of hydrogen-bond donors (Lipinski definition) is 1. The molecule has 1 saturated carbocycles. The number of halogens is 1. The molecule has 1 atom stereocenters. The molecule has 9 heteroatoms. The van der Waals surface area contributed by atoms with E-state index in [1.54, 1.807) is 11.8 Å². The summed E-state index contributed by atoms with van der Waals surface area (Å²) in [5, 5.41) is 3.07. The van der Waals surface area contributed by atoms with Crippen LogP contribution in [0, 0.1) is 5.82 Å². The van der Waals surface area contributed by atoms with E-state index in [0.717, 1.165) is 41.8 Å². The molecule has 0 heterocycles. The quantitative estimate of drug-likeness (QED) is 0.505. The average molecular weight is 504 g/mol. The Hall–Kier alpha value is -2.94. The van der Waals surface area contributed by atoms with Crippen LogP contribution in [0.5, 0.6) is 0 Å². The highest BCUT2D eigenvalue weighted by molar-refractivity contribution is 7.92. The Kier molecular flexibility index (Phi) is 9.26. The molecule has 0 spiro atoms. The third-order valence-corrected chi connectivity index (χ3v) is 7.53. The van der Waals surface area contributed by atoms with Gasteiger partial charge < -0.3 is 10.2 Å². The molecule has 2 amide bonds. The zero-order valence-electron chi connectivity index (χ0n) is 20.3. The minimum absolute atomic E-state index is 0.0675. The van der Waals surface area contributed by atoms with Gasteiger partial charge in [-0.15, -0.1) is 0 Å². The Balaban J connectivity index is 1.68. The third-order valence-electron chi connectivity index (χ3n) is 6.33. The van der Waals surface area contributed by atoms with Gasteiger partial charge in [0.25, 0.3) is 0 Å². The molecule has 0 bridgehead atoms. The zero-order valence-corrected chi connectivity index (χ0v) is 21.1. The highest BCUT2D eigenvalue weighted by atomic mass is 32.2. The van der Waals surface area contributed by atoms with E-state index < -0.39 is 21.9 Å². The van der Waals surface area contributed by atoms with Gasteiger partial charge in [0.05, 0.1) is 11.9 Å². The van der Waals surface area contributed by atoms with Gasteiger partial charge in [-0.25, -0.2) is 12.8 Å². The maximum Gasteiger partial charge on any atom is 0.242 e. The number of nitrogens with one attached hydrogen (secondary N) is 1. The average Bonchev–Trinajstić information content (AvgIpc) is 3.33. The third kappa shape index (κ3) is 7.78. The van der Waals surface area contributed by atoms with Crippen LogP contribution in [0.2, 0.25) is 0 Å². The second-order valence-electron chi connectivity index (χ2n) is 9.09. The summed E-state index contributed by atoms with van der Waals surface area (Å²) in [4.78, 5) is 27.8. The molecular weight excluding hydrogens is 469 g/mol. The highest BCUT2D eigenvalue weighted by Crippen LogP contribution is 2.21. The Labute approximate surface area is 207 Å². The molecule has 2 aromatic carbocycles. The second-order valence-corrected chi connectivity index (χ2v) is 11.0. The van der Waals surface area contributed by atoms with E-state index in [1.807, 2.05) is 30.3 Å². The molecule has 3 rings (SSSR count). The summed E-state index contributed by atoms with van der Waals surface area (Å²) >= 11 is 0. The first-order valence-electron chi connectivity index (χ1n) is 12.0. The fourth-order valence-electron chi connectivity index (χ4n) is 4.37. The van der Waals surface area contributed by atoms with Crippen LogP contribution in [0.25, 0.3) is 0 Å². The maximum atomic E-state index is 13.3. The standard InChI is InChI=1S/C26H34FN3O4S/c1-20(26(32)28-23-11-6-7-12-23)29(19-21-9-4-3-5-10-21)25(31)13-8-18-30(35(2,33)34)24-16-14-22(27)15-17-24/h3-5,9-10,14-17,20,23H,6-8,11-13,18-19H2,1-2H3,(H,28,32)/t20-/m0/s1. The van der Waals surface area contributed by atoms with E-state index in [4.69, 9.17) is 0 Å². The number of benzene rings is 2. The van der Waals surface area contributed by atoms with Crippen molar-refractivity contribution >= 4 is 27.5 Å². The summed E-state index contributed by atoms with van der Waals surface area (Å²) in [6, 6.07) is 14.1. The molecule has 2 aromatic rings. The maximum absolute atomic E-state index is 13.3. The van der Waals surface area contributed by atoms with Crippen LogP contribution < -0.4 is 9.62 Å². The summed E-state index contributed by atoms with van der Waals surface area (Å²) in [5.41, 5.74) is 1.25. The lowest BCUT2D eigenvalue weighted by atomic mass is 10.1. The highest BCUT2D eigenvalue weighted by Gasteiger charge is 2.28. The molecule has 35 heavy (non-hydrogen) atoms. The number of rotatable bonds is 11. The van der Waals surface area contributed by atoms with Crippen LogP contribution in [0.1, 0.15) is 51.0 Å². The van der Waals surface area contributed by atoms with E-state index in [2.05, 4.69) is 5.32 Å². The molecule has 0 aromatic heterocycles. The monoisotopic (exact) mass is 503 g/mol. The Morgan fingerprint density at radius 3 is 2.29 bits per heavy atom. The fraction of sp³-hybridized carbons (Fsp3) is 0.462. The number of hydrogen-bond acceptors (Lipinski definition) is 4. The first-order valence-corrected chi connectivity index (χ1v) is 13.9. The van der Waals surface area contributed by atoms with Crippen LogP contribution in [0.15, 0.2) is 54.6 Å². The van der Waals surface area contributed by atoms with Gasteiger partial charge in [0.1, 0.15) is 11.9 Å². The molecule has 1 fully saturated rings. The minimum atomic E-state index is -3.62. The van der Waals surface area contributed by atoms with Gasteiger partial charge in [0.2, 0.25) is 21.8 Å². The Morgan fingerprint density at radius 2 is 1.69 bits per heavy atom. The summed E-state index contributed by atoms with van der Waals surface area (Å²) < 4.78 is 39.1. The van der Waals surface area contributed by atoms with Gasteiger partial charge in [-0.1, -0.05) is 43.2 Å². The Morgan fingerprint density at radius 1 is 1.06 bits per heavy atom. The first-order chi connectivity index (χ1) is 16.6. The summed E-state index contributed by atoms with van der Waals surface area (Å²) in [5.74, 6) is -0.862. The SMILES string of the molecule is C[C@@H](C(=O)NC1CCCC1)N(Cc1ccccc1)C(=O)CCCN(c1ccc(F)cc1)S(C)(=O)=O. The van der Waals surface area contributed by atoms with Gasteiger partial charge in [-0.3, -0.25) is 13.9 Å². The van der Waals surface area contributed by atoms with Crippen molar-refractivity contribution in [2.24, 2.45) is 0 Å². The van der Waals surface area contributed by atoms with Crippen LogP contribution in [-0.4, -0.2) is 50.0 Å². The van der Waals surface area contributed by atoms with Crippen molar-refractivity contribution in [2.75, 3.05) is 17.1 Å². The molecule has 1 aliphatic rings. The number of anilines is 1. The second kappa shape index (κ2) is 12.2. The van der Waals surface area contributed by atoms with Gasteiger partial charge in [0.15, 0.2) is 0 Å². The predicted octanol–water partition coefficient (Wildman–Crippen LogP) is 3.85. The summed E-state index contributed by atoms with van der Waals surface area (Å²) in [7, 11) is -3.62.